The molecule has 0 saturated heterocycles. The van der Waals surface area contributed by atoms with Crippen molar-refractivity contribution in [1.29, 1.82) is 0 Å². The molecule has 0 aromatic carbocycles. The Bertz CT molecular complexity index is 315. The lowest BCUT2D eigenvalue weighted by molar-refractivity contribution is -0.122. The second-order valence-corrected chi connectivity index (χ2v) is 7.53. The first-order valence-corrected chi connectivity index (χ1v) is 9.09. The second-order valence-electron chi connectivity index (χ2n) is 7.53. The fraction of sp³-hybridized carbons (Fsp3) is 0.944. The van der Waals surface area contributed by atoms with Gasteiger partial charge in [0.15, 0.2) is 0 Å². The van der Waals surface area contributed by atoms with Crippen LogP contribution in [0.1, 0.15) is 77.6 Å². The molecule has 0 heterocycles. The first kappa shape index (κ1) is 16.8. The summed E-state index contributed by atoms with van der Waals surface area (Å²) in [4.78, 5) is 12.2. The van der Waals surface area contributed by atoms with Crippen LogP contribution in [-0.4, -0.2) is 25.0 Å². The fourth-order valence-electron chi connectivity index (χ4n) is 4.15. The lowest BCUT2D eigenvalue weighted by atomic mass is 9.79. The van der Waals surface area contributed by atoms with Gasteiger partial charge in [0.2, 0.25) is 5.91 Å². The largest absolute Gasteiger partial charge is 0.356 e. The predicted octanol–water partition coefficient (Wildman–Crippen LogP) is 3.63. The topological polar surface area (TPSA) is 41.1 Å². The Morgan fingerprint density at radius 2 is 1.76 bits per heavy atom. The minimum Gasteiger partial charge on any atom is -0.356 e. The molecule has 3 nitrogen and oxygen atoms in total. The highest BCUT2D eigenvalue weighted by Gasteiger charge is 2.32. The van der Waals surface area contributed by atoms with Crippen LogP contribution in [0.15, 0.2) is 0 Å². The number of hydrogen-bond donors (Lipinski definition) is 2. The third-order valence-corrected chi connectivity index (χ3v) is 5.85. The lowest BCUT2D eigenvalue weighted by Gasteiger charge is -2.36. The smallest absolute Gasteiger partial charge is 0.221 e. The Labute approximate surface area is 130 Å². The summed E-state index contributed by atoms with van der Waals surface area (Å²) in [5.74, 6) is 2.00. The fourth-order valence-corrected chi connectivity index (χ4v) is 4.15. The van der Waals surface area contributed by atoms with Gasteiger partial charge in [-0.25, -0.2) is 0 Å². The van der Waals surface area contributed by atoms with E-state index in [4.69, 9.17) is 0 Å². The minimum atomic E-state index is 0.0720. The van der Waals surface area contributed by atoms with E-state index < -0.39 is 0 Å². The summed E-state index contributed by atoms with van der Waals surface area (Å²) in [5.41, 5.74) is 0.0720. The average Bonchev–Trinajstić information content (AvgIpc) is 2.50. The SMILES string of the molecule is CNC1(CC(=O)NCCC2CCC(C)CC2)CCCCC1. The number of carbonyl (C=O) groups is 1. The molecule has 0 spiro atoms. The van der Waals surface area contributed by atoms with E-state index in [9.17, 15) is 4.79 Å². The Kier molecular flexibility index (Phi) is 6.53. The first-order valence-electron chi connectivity index (χ1n) is 9.09. The molecule has 0 aliphatic heterocycles. The van der Waals surface area contributed by atoms with Crippen molar-refractivity contribution >= 4 is 5.91 Å². The molecule has 0 radical (unpaired) electrons. The van der Waals surface area contributed by atoms with Crippen LogP contribution in [0.3, 0.4) is 0 Å². The quantitative estimate of drug-likeness (QED) is 0.785. The van der Waals surface area contributed by atoms with Crippen LogP contribution in [0, 0.1) is 11.8 Å². The van der Waals surface area contributed by atoms with Crippen LogP contribution in [0.5, 0.6) is 0 Å². The van der Waals surface area contributed by atoms with Crippen LogP contribution in [0.25, 0.3) is 0 Å². The first-order chi connectivity index (χ1) is 10.1. The molecular weight excluding hydrogens is 260 g/mol. The zero-order chi connectivity index (χ0) is 15.1. The van der Waals surface area contributed by atoms with Crippen LogP contribution >= 0.6 is 0 Å². The van der Waals surface area contributed by atoms with Gasteiger partial charge >= 0.3 is 0 Å². The Balaban J connectivity index is 1.65. The molecule has 0 aromatic heterocycles. The summed E-state index contributed by atoms with van der Waals surface area (Å²) in [7, 11) is 2.02. The molecule has 2 aliphatic rings. The summed E-state index contributed by atoms with van der Waals surface area (Å²) >= 11 is 0. The number of amides is 1. The normalized spacial score (nSPS) is 29.0. The molecule has 2 aliphatic carbocycles. The molecule has 2 saturated carbocycles. The molecule has 3 heteroatoms. The van der Waals surface area contributed by atoms with Crippen LogP contribution in [0.2, 0.25) is 0 Å². The lowest BCUT2D eigenvalue weighted by Crippen LogP contribution is -2.48. The minimum absolute atomic E-state index is 0.0720. The molecule has 2 rings (SSSR count). The van der Waals surface area contributed by atoms with Crippen molar-refractivity contribution in [3.05, 3.63) is 0 Å². The average molecular weight is 294 g/mol. The monoisotopic (exact) mass is 294 g/mol. The highest BCUT2D eigenvalue weighted by atomic mass is 16.1. The predicted molar refractivity (Wildman–Crippen MR) is 88.2 cm³/mol. The third-order valence-electron chi connectivity index (χ3n) is 5.85. The zero-order valence-corrected chi connectivity index (χ0v) is 14.0. The van der Waals surface area contributed by atoms with Crippen molar-refractivity contribution in [3.8, 4) is 0 Å². The summed E-state index contributed by atoms with van der Waals surface area (Å²) < 4.78 is 0. The van der Waals surface area contributed by atoms with Crippen molar-refractivity contribution in [2.24, 2.45) is 11.8 Å². The van der Waals surface area contributed by atoms with E-state index in [-0.39, 0.29) is 11.4 Å². The molecule has 21 heavy (non-hydrogen) atoms. The Morgan fingerprint density at radius 1 is 1.10 bits per heavy atom. The van der Waals surface area contributed by atoms with Gasteiger partial charge in [-0.2, -0.15) is 0 Å². The molecule has 122 valence electrons. The van der Waals surface area contributed by atoms with Crippen LogP contribution < -0.4 is 10.6 Å². The van der Waals surface area contributed by atoms with Gasteiger partial charge in [0.05, 0.1) is 0 Å². The number of nitrogens with one attached hydrogen (secondary N) is 2. The van der Waals surface area contributed by atoms with Crippen molar-refractivity contribution in [1.82, 2.24) is 10.6 Å². The van der Waals surface area contributed by atoms with Crippen molar-refractivity contribution in [3.63, 3.8) is 0 Å². The maximum Gasteiger partial charge on any atom is 0.221 e. The van der Waals surface area contributed by atoms with E-state index >= 15 is 0 Å². The summed E-state index contributed by atoms with van der Waals surface area (Å²) in [6.45, 7) is 3.23. The molecule has 2 N–H and O–H groups in total. The van der Waals surface area contributed by atoms with Crippen molar-refractivity contribution in [2.75, 3.05) is 13.6 Å². The van der Waals surface area contributed by atoms with Gasteiger partial charge in [0.1, 0.15) is 0 Å². The van der Waals surface area contributed by atoms with Gasteiger partial charge in [-0.1, -0.05) is 51.9 Å². The molecule has 2 fully saturated rings. The zero-order valence-electron chi connectivity index (χ0n) is 14.0. The van der Waals surface area contributed by atoms with Crippen molar-refractivity contribution in [2.45, 2.75) is 83.1 Å². The van der Waals surface area contributed by atoms with E-state index in [1.165, 1.54) is 51.4 Å². The number of rotatable bonds is 6. The summed E-state index contributed by atoms with van der Waals surface area (Å²) in [5, 5.41) is 6.60. The van der Waals surface area contributed by atoms with Crippen LogP contribution in [0.4, 0.5) is 0 Å². The van der Waals surface area contributed by atoms with Gasteiger partial charge < -0.3 is 10.6 Å². The summed E-state index contributed by atoms with van der Waals surface area (Å²) in [6.07, 6.45) is 13.4. The second kappa shape index (κ2) is 8.17. The number of hydrogen-bond acceptors (Lipinski definition) is 2. The van der Waals surface area contributed by atoms with E-state index in [0.29, 0.717) is 6.42 Å². The maximum atomic E-state index is 12.2. The molecule has 0 unspecified atom stereocenters. The van der Waals surface area contributed by atoms with E-state index in [1.54, 1.807) is 0 Å². The van der Waals surface area contributed by atoms with Crippen LogP contribution in [-0.2, 0) is 4.79 Å². The molecule has 0 aromatic rings. The Morgan fingerprint density at radius 3 is 2.38 bits per heavy atom. The number of carbonyl (C=O) groups excluding carboxylic acids is 1. The van der Waals surface area contributed by atoms with E-state index in [1.807, 2.05) is 7.05 Å². The molecule has 0 atom stereocenters. The third kappa shape index (κ3) is 5.28. The molecule has 1 amide bonds. The van der Waals surface area contributed by atoms with E-state index in [2.05, 4.69) is 17.6 Å². The highest BCUT2D eigenvalue weighted by Crippen LogP contribution is 2.31. The van der Waals surface area contributed by atoms with Gasteiger partial charge in [-0.3, -0.25) is 4.79 Å². The van der Waals surface area contributed by atoms with Gasteiger partial charge in [0, 0.05) is 18.5 Å². The van der Waals surface area contributed by atoms with Gasteiger partial charge in [0.25, 0.3) is 0 Å². The maximum absolute atomic E-state index is 12.2. The molecular formula is C18H34N2O. The van der Waals surface area contributed by atoms with Gasteiger partial charge in [-0.05, 0) is 38.1 Å². The van der Waals surface area contributed by atoms with Crippen molar-refractivity contribution < 1.29 is 4.79 Å². The molecule has 0 bridgehead atoms. The Hall–Kier alpha value is -0.570. The highest BCUT2D eigenvalue weighted by molar-refractivity contribution is 5.77. The summed E-state index contributed by atoms with van der Waals surface area (Å²) in [6, 6.07) is 0. The van der Waals surface area contributed by atoms with Gasteiger partial charge in [-0.15, -0.1) is 0 Å². The standard InChI is InChI=1S/C18H34N2O/c1-15-6-8-16(9-7-15)10-13-20-17(21)14-18(19-2)11-4-3-5-12-18/h15-16,19H,3-14H2,1-2H3,(H,20,21). The van der Waals surface area contributed by atoms with E-state index in [0.717, 1.165) is 31.2 Å².